The summed E-state index contributed by atoms with van der Waals surface area (Å²) < 4.78 is 5.33. The topological polar surface area (TPSA) is 64.7 Å². The lowest BCUT2D eigenvalue weighted by molar-refractivity contribution is 0.0601. The number of alkyl halides is 1. The lowest BCUT2D eigenvalue weighted by Crippen LogP contribution is -2.12. The number of hydrogen-bond donors (Lipinski definition) is 1. The van der Waals surface area contributed by atoms with Crippen LogP contribution in [0.5, 0.6) is 0 Å². The highest BCUT2D eigenvalue weighted by molar-refractivity contribution is 9.10. The Hall–Kier alpha value is -1.07. The van der Waals surface area contributed by atoms with Gasteiger partial charge in [-0.2, -0.15) is 0 Å². The van der Waals surface area contributed by atoms with Gasteiger partial charge in [0.2, 0.25) is 0 Å². The fraction of sp³-hybridized carbons (Fsp3) is 0.200. The number of esters is 1. The summed E-state index contributed by atoms with van der Waals surface area (Å²) in [6.07, 6.45) is 0. The van der Waals surface area contributed by atoms with Crippen molar-refractivity contribution in [2.45, 2.75) is 0 Å². The minimum atomic E-state index is -0.423. The number of halogens is 2. The first-order chi connectivity index (χ1) is 7.58. The summed E-state index contributed by atoms with van der Waals surface area (Å²) in [5.74, 6) is -0.00713. The van der Waals surface area contributed by atoms with Crippen LogP contribution < -0.4 is 5.73 Å². The fourth-order valence-electron chi connectivity index (χ4n) is 1.03. The molecule has 0 fully saturated rings. The molecule has 16 heavy (non-hydrogen) atoms. The van der Waals surface area contributed by atoms with Crippen molar-refractivity contribution in [3.05, 3.63) is 28.2 Å². The van der Waals surface area contributed by atoms with Crippen molar-refractivity contribution in [2.24, 2.45) is 10.7 Å². The Bertz CT molecular complexity index is 435. The zero-order valence-electron chi connectivity index (χ0n) is 8.54. The van der Waals surface area contributed by atoms with Gasteiger partial charge in [-0.1, -0.05) is 0 Å². The number of benzene rings is 1. The second kappa shape index (κ2) is 5.86. The van der Waals surface area contributed by atoms with Gasteiger partial charge < -0.3 is 10.5 Å². The van der Waals surface area contributed by atoms with Crippen molar-refractivity contribution in [3.8, 4) is 0 Å². The van der Waals surface area contributed by atoms with Crippen LogP contribution in [0.25, 0.3) is 0 Å². The van der Waals surface area contributed by atoms with Gasteiger partial charge in [-0.05, 0) is 34.1 Å². The van der Waals surface area contributed by atoms with Crippen molar-refractivity contribution in [1.29, 1.82) is 0 Å². The molecule has 0 amide bonds. The number of carbonyl (C=O) groups is 1. The van der Waals surface area contributed by atoms with Crippen LogP contribution in [-0.4, -0.2) is 24.8 Å². The molecule has 0 spiro atoms. The number of amidine groups is 1. The second-order valence-electron chi connectivity index (χ2n) is 2.89. The second-order valence-corrected chi connectivity index (χ2v) is 4.02. The first-order valence-electron chi connectivity index (χ1n) is 4.35. The van der Waals surface area contributed by atoms with E-state index in [1.54, 1.807) is 18.2 Å². The van der Waals surface area contributed by atoms with Gasteiger partial charge in [-0.3, -0.25) is 0 Å². The molecule has 0 aliphatic carbocycles. The maximum absolute atomic E-state index is 11.3. The standard InChI is InChI=1S/C10H10BrClN2O2/c1-16-10(15)6-2-3-7(11)8(4-6)14-9(13)5-12/h2-4H,5H2,1H3,(H2,13,14). The van der Waals surface area contributed by atoms with E-state index in [1.165, 1.54) is 7.11 Å². The summed E-state index contributed by atoms with van der Waals surface area (Å²) in [5.41, 5.74) is 6.47. The molecular formula is C10H10BrClN2O2. The van der Waals surface area contributed by atoms with Crippen LogP contribution in [0.1, 0.15) is 10.4 Å². The minimum absolute atomic E-state index is 0.134. The molecule has 6 heteroatoms. The number of aliphatic imine (C=N–C) groups is 1. The molecule has 1 rings (SSSR count). The SMILES string of the molecule is COC(=O)c1ccc(Br)c(N=C(N)CCl)c1. The lowest BCUT2D eigenvalue weighted by atomic mass is 10.2. The van der Waals surface area contributed by atoms with Gasteiger partial charge in [0.25, 0.3) is 0 Å². The molecule has 4 nitrogen and oxygen atoms in total. The third-order valence-electron chi connectivity index (χ3n) is 1.77. The predicted octanol–water partition coefficient (Wildman–Crippen LogP) is 2.46. The van der Waals surface area contributed by atoms with Crippen LogP contribution in [0.2, 0.25) is 0 Å². The highest BCUT2D eigenvalue weighted by atomic mass is 79.9. The van der Waals surface area contributed by atoms with Crippen molar-refractivity contribution in [3.63, 3.8) is 0 Å². The lowest BCUT2D eigenvalue weighted by Gasteiger charge is -2.03. The summed E-state index contributed by atoms with van der Waals surface area (Å²) in [6.45, 7) is 0. The summed E-state index contributed by atoms with van der Waals surface area (Å²) in [4.78, 5) is 15.4. The molecule has 2 N–H and O–H groups in total. The first-order valence-corrected chi connectivity index (χ1v) is 5.68. The molecule has 1 aromatic rings. The van der Waals surface area contributed by atoms with Crippen LogP contribution in [0.3, 0.4) is 0 Å². The van der Waals surface area contributed by atoms with Crippen LogP contribution in [0, 0.1) is 0 Å². The Morgan fingerprint density at radius 2 is 2.31 bits per heavy atom. The molecule has 0 radical (unpaired) electrons. The number of carbonyl (C=O) groups excluding carboxylic acids is 1. The molecule has 1 aromatic carbocycles. The number of nitrogens with zero attached hydrogens (tertiary/aromatic N) is 1. The molecule has 0 bridgehead atoms. The first kappa shape index (κ1) is 13.0. The maximum atomic E-state index is 11.3. The average molecular weight is 306 g/mol. The number of nitrogens with two attached hydrogens (primary N) is 1. The fourth-order valence-corrected chi connectivity index (χ4v) is 1.42. The van der Waals surface area contributed by atoms with E-state index in [1.807, 2.05) is 0 Å². The minimum Gasteiger partial charge on any atom is -0.465 e. The molecule has 0 saturated heterocycles. The quantitative estimate of drug-likeness (QED) is 0.404. The van der Waals surface area contributed by atoms with Crippen LogP contribution in [-0.2, 0) is 4.74 Å². The van der Waals surface area contributed by atoms with E-state index in [0.29, 0.717) is 11.3 Å². The Balaban J connectivity index is 3.14. The highest BCUT2D eigenvalue weighted by Crippen LogP contribution is 2.26. The van der Waals surface area contributed by atoms with Gasteiger partial charge in [0, 0.05) is 4.47 Å². The molecule has 86 valence electrons. The van der Waals surface area contributed by atoms with Gasteiger partial charge >= 0.3 is 5.97 Å². The van der Waals surface area contributed by atoms with Crippen molar-refractivity contribution < 1.29 is 9.53 Å². The van der Waals surface area contributed by atoms with Crippen molar-refractivity contribution in [1.82, 2.24) is 0 Å². The van der Waals surface area contributed by atoms with Gasteiger partial charge in [0.05, 0.1) is 24.2 Å². The van der Waals surface area contributed by atoms with E-state index in [2.05, 4.69) is 25.7 Å². The Labute approximate surface area is 107 Å². The van der Waals surface area contributed by atoms with E-state index < -0.39 is 5.97 Å². The van der Waals surface area contributed by atoms with Gasteiger partial charge in [0.15, 0.2) is 0 Å². The zero-order chi connectivity index (χ0) is 12.1. The number of rotatable bonds is 3. The number of hydrogen-bond acceptors (Lipinski definition) is 3. The van der Waals surface area contributed by atoms with Gasteiger partial charge in [-0.15, -0.1) is 11.6 Å². The van der Waals surface area contributed by atoms with E-state index in [4.69, 9.17) is 17.3 Å². The summed E-state index contributed by atoms with van der Waals surface area (Å²) in [7, 11) is 1.32. The molecular weight excluding hydrogens is 295 g/mol. The third kappa shape index (κ3) is 3.21. The smallest absolute Gasteiger partial charge is 0.337 e. The zero-order valence-corrected chi connectivity index (χ0v) is 10.9. The van der Waals surface area contributed by atoms with E-state index >= 15 is 0 Å². The molecule has 0 aliphatic heterocycles. The summed E-state index contributed by atoms with van der Waals surface area (Å²) >= 11 is 8.82. The molecule has 0 unspecified atom stereocenters. The van der Waals surface area contributed by atoms with Crippen LogP contribution in [0.15, 0.2) is 27.7 Å². The predicted molar refractivity (Wildman–Crippen MR) is 67.5 cm³/mol. The van der Waals surface area contributed by atoms with Gasteiger partial charge in [-0.25, -0.2) is 9.79 Å². The monoisotopic (exact) mass is 304 g/mol. The summed E-state index contributed by atoms with van der Waals surface area (Å²) in [6, 6.07) is 4.91. The van der Waals surface area contributed by atoms with Crippen molar-refractivity contribution >= 4 is 45.0 Å². The Morgan fingerprint density at radius 1 is 1.62 bits per heavy atom. The molecule has 0 atom stereocenters. The largest absolute Gasteiger partial charge is 0.465 e. The highest BCUT2D eigenvalue weighted by Gasteiger charge is 2.08. The van der Waals surface area contributed by atoms with Gasteiger partial charge in [0.1, 0.15) is 5.84 Å². The molecule has 0 heterocycles. The summed E-state index contributed by atoms with van der Waals surface area (Å²) in [5, 5.41) is 0. The molecule has 0 saturated carbocycles. The van der Waals surface area contributed by atoms with E-state index in [9.17, 15) is 4.79 Å². The Kier molecular flexibility index (Phi) is 4.76. The van der Waals surface area contributed by atoms with Crippen LogP contribution in [0.4, 0.5) is 5.69 Å². The van der Waals surface area contributed by atoms with Crippen molar-refractivity contribution in [2.75, 3.05) is 13.0 Å². The van der Waals surface area contributed by atoms with E-state index in [0.717, 1.165) is 4.47 Å². The maximum Gasteiger partial charge on any atom is 0.337 e. The third-order valence-corrected chi connectivity index (χ3v) is 2.71. The van der Waals surface area contributed by atoms with Crippen LogP contribution >= 0.6 is 27.5 Å². The number of methoxy groups -OCH3 is 1. The normalized spacial score (nSPS) is 11.3. The van der Waals surface area contributed by atoms with E-state index in [-0.39, 0.29) is 11.7 Å². The average Bonchev–Trinajstić information content (AvgIpc) is 2.30. The molecule has 0 aromatic heterocycles. The molecule has 0 aliphatic rings. The Morgan fingerprint density at radius 3 is 2.88 bits per heavy atom. The number of ether oxygens (including phenoxy) is 1.